The van der Waals surface area contributed by atoms with E-state index in [1.165, 1.54) is 10.6 Å². The van der Waals surface area contributed by atoms with Gasteiger partial charge in [0.15, 0.2) is 0 Å². The zero-order valence-electron chi connectivity index (χ0n) is 15.5. The highest BCUT2D eigenvalue weighted by molar-refractivity contribution is 7.09. The fourth-order valence-corrected chi connectivity index (χ4v) is 3.84. The summed E-state index contributed by atoms with van der Waals surface area (Å²) in [6.45, 7) is 9.07. The number of likely N-dealkylation sites (N-methyl/N-ethyl adjacent to an activating group) is 1. The first-order chi connectivity index (χ1) is 12.7. The van der Waals surface area contributed by atoms with Crippen molar-refractivity contribution in [3.63, 3.8) is 0 Å². The zero-order valence-corrected chi connectivity index (χ0v) is 16.3. The van der Waals surface area contributed by atoms with Crippen molar-refractivity contribution in [3.05, 3.63) is 46.7 Å². The summed E-state index contributed by atoms with van der Waals surface area (Å²) in [4.78, 5) is 18.4. The van der Waals surface area contributed by atoms with Crippen LogP contribution in [0.1, 0.15) is 18.7 Å². The number of hydrogen-bond donors (Lipinski definition) is 1. The van der Waals surface area contributed by atoms with E-state index in [0.29, 0.717) is 0 Å². The number of nitrogens with zero attached hydrogens (tertiary/aromatic N) is 2. The minimum absolute atomic E-state index is 0.0301. The third-order valence-electron chi connectivity index (χ3n) is 4.78. The summed E-state index contributed by atoms with van der Waals surface area (Å²) in [5.41, 5.74) is 2.01. The Labute approximate surface area is 159 Å². The van der Waals surface area contributed by atoms with Crippen LogP contribution in [0.25, 0.3) is 0 Å². The Hall–Kier alpha value is -1.89. The van der Waals surface area contributed by atoms with Crippen LogP contribution in [0.3, 0.4) is 0 Å². The maximum atomic E-state index is 12.7. The average Bonchev–Trinajstić information content (AvgIpc) is 3.20. The zero-order chi connectivity index (χ0) is 18.4. The molecule has 0 unspecified atom stereocenters. The monoisotopic (exact) mass is 373 g/mol. The molecule has 2 heterocycles. The van der Waals surface area contributed by atoms with Gasteiger partial charge in [-0.05, 0) is 49.2 Å². The predicted molar refractivity (Wildman–Crippen MR) is 108 cm³/mol. The third-order valence-corrected chi connectivity index (χ3v) is 5.64. The highest BCUT2D eigenvalue weighted by Gasteiger charge is 2.20. The SMILES string of the molecule is CCN(Cc1cccs1)[C@H](C)C(=O)Nc1ccc(N2CCOCC2)cc1. The summed E-state index contributed by atoms with van der Waals surface area (Å²) in [7, 11) is 0. The Balaban J connectivity index is 1.57. The van der Waals surface area contributed by atoms with E-state index in [1.807, 2.05) is 19.1 Å². The van der Waals surface area contributed by atoms with Gasteiger partial charge in [-0.15, -0.1) is 11.3 Å². The molecule has 0 saturated carbocycles. The molecule has 5 nitrogen and oxygen atoms in total. The lowest BCUT2D eigenvalue weighted by Gasteiger charge is -2.29. The van der Waals surface area contributed by atoms with Crippen LogP contribution >= 0.6 is 11.3 Å². The largest absolute Gasteiger partial charge is 0.378 e. The van der Waals surface area contributed by atoms with Crippen LogP contribution in [0.4, 0.5) is 11.4 Å². The van der Waals surface area contributed by atoms with E-state index < -0.39 is 0 Å². The summed E-state index contributed by atoms with van der Waals surface area (Å²) < 4.78 is 5.39. The van der Waals surface area contributed by atoms with Crippen molar-refractivity contribution in [1.82, 2.24) is 4.90 Å². The number of benzene rings is 1. The predicted octanol–water partition coefficient (Wildman–Crippen LogP) is 3.43. The van der Waals surface area contributed by atoms with Gasteiger partial charge in [0.2, 0.25) is 5.91 Å². The summed E-state index contributed by atoms with van der Waals surface area (Å²) in [6, 6.07) is 12.1. The van der Waals surface area contributed by atoms with Crippen LogP contribution < -0.4 is 10.2 Å². The number of rotatable bonds is 7. The molecule has 1 aromatic carbocycles. The molecule has 1 N–H and O–H groups in total. The van der Waals surface area contributed by atoms with Gasteiger partial charge in [-0.3, -0.25) is 9.69 Å². The van der Waals surface area contributed by atoms with Crippen molar-refractivity contribution in [2.75, 3.05) is 43.1 Å². The lowest BCUT2D eigenvalue weighted by molar-refractivity contribution is -0.120. The maximum absolute atomic E-state index is 12.7. The molecule has 1 saturated heterocycles. The molecule has 26 heavy (non-hydrogen) atoms. The molecule has 0 spiro atoms. The first-order valence-corrected chi connectivity index (χ1v) is 10.1. The molecule has 1 aliphatic rings. The number of ether oxygens (including phenoxy) is 1. The molecule has 1 fully saturated rings. The van der Waals surface area contributed by atoms with E-state index >= 15 is 0 Å². The summed E-state index contributed by atoms with van der Waals surface area (Å²) in [5, 5.41) is 5.12. The van der Waals surface area contributed by atoms with Crippen LogP contribution in [-0.4, -0.2) is 49.7 Å². The molecule has 1 aliphatic heterocycles. The van der Waals surface area contributed by atoms with Crippen LogP contribution in [0.2, 0.25) is 0 Å². The topological polar surface area (TPSA) is 44.8 Å². The lowest BCUT2D eigenvalue weighted by atomic mass is 10.2. The Bertz CT molecular complexity index is 682. The fraction of sp³-hybridized carbons (Fsp3) is 0.450. The van der Waals surface area contributed by atoms with E-state index in [-0.39, 0.29) is 11.9 Å². The number of morpholine rings is 1. The van der Waals surface area contributed by atoms with E-state index in [1.54, 1.807) is 11.3 Å². The molecule has 0 bridgehead atoms. The van der Waals surface area contributed by atoms with Gasteiger partial charge in [0.25, 0.3) is 0 Å². The van der Waals surface area contributed by atoms with Gasteiger partial charge in [-0.2, -0.15) is 0 Å². The summed E-state index contributed by atoms with van der Waals surface area (Å²) in [6.07, 6.45) is 0. The molecule has 1 atom stereocenters. The molecule has 0 aliphatic carbocycles. The van der Waals surface area contributed by atoms with Gasteiger partial charge in [0.1, 0.15) is 0 Å². The van der Waals surface area contributed by atoms with Gasteiger partial charge in [-0.1, -0.05) is 13.0 Å². The number of amides is 1. The lowest BCUT2D eigenvalue weighted by Crippen LogP contribution is -2.41. The maximum Gasteiger partial charge on any atom is 0.241 e. The second-order valence-electron chi connectivity index (χ2n) is 6.45. The minimum atomic E-state index is -0.180. The number of anilines is 2. The average molecular weight is 374 g/mol. The first-order valence-electron chi connectivity index (χ1n) is 9.17. The molecule has 1 amide bonds. The van der Waals surface area contributed by atoms with Crippen molar-refractivity contribution >= 4 is 28.6 Å². The van der Waals surface area contributed by atoms with E-state index in [4.69, 9.17) is 4.74 Å². The molecule has 140 valence electrons. The van der Waals surface area contributed by atoms with Crippen LogP contribution in [0.5, 0.6) is 0 Å². The van der Waals surface area contributed by atoms with Gasteiger partial charge >= 0.3 is 0 Å². The van der Waals surface area contributed by atoms with Crippen LogP contribution in [0, 0.1) is 0 Å². The Morgan fingerprint density at radius 3 is 2.62 bits per heavy atom. The number of nitrogens with one attached hydrogen (secondary N) is 1. The van der Waals surface area contributed by atoms with Crippen LogP contribution in [-0.2, 0) is 16.1 Å². The quantitative estimate of drug-likeness (QED) is 0.808. The molecular weight excluding hydrogens is 346 g/mol. The third kappa shape index (κ3) is 4.84. The highest BCUT2D eigenvalue weighted by Crippen LogP contribution is 2.20. The minimum Gasteiger partial charge on any atom is -0.378 e. The van der Waals surface area contributed by atoms with Crippen molar-refractivity contribution in [3.8, 4) is 0 Å². The van der Waals surface area contributed by atoms with Gasteiger partial charge in [0, 0.05) is 35.9 Å². The molecule has 1 aromatic heterocycles. The molecule has 0 radical (unpaired) electrons. The molecule has 3 rings (SSSR count). The smallest absolute Gasteiger partial charge is 0.241 e. The molecule has 6 heteroatoms. The van der Waals surface area contributed by atoms with Gasteiger partial charge < -0.3 is 15.0 Å². The van der Waals surface area contributed by atoms with Crippen molar-refractivity contribution in [1.29, 1.82) is 0 Å². The second-order valence-corrected chi connectivity index (χ2v) is 7.49. The first kappa shape index (κ1) is 18.9. The summed E-state index contributed by atoms with van der Waals surface area (Å²) >= 11 is 1.73. The van der Waals surface area contributed by atoms with E-state index in [0.717, 1.165) is 45.1 Å². The van der Waals surface area contributed by atoms with E-state index in [9.17, 15) is 4.79 Å². The van der Waals surface area contributed by atoms with Crippen molar-refractivity contribution in [2.45, 2.75) is 26.4 Å². The Morgan fingerprint density at radius 1 is 1.27 bits per heavy atom. The fourth-order valence-electron chi connectivity index (χ4n) is 3.11. The van der Waals surface area contributed by atoms with Crippen LogP contribution in [0.15, 0.2) is 41.8 Å². The molecular formula is C20H27N3O2S. The standard InChI is InChI=1S/C20H27N3O2S/c1-3-22(15-19-5-4-14-26-19)16(2)20(24)21-17-6-8-18(9-7-17)23-10-12-25-13-11-23/h4-9,14,16H,3,10-13,15H2,1-2H3,(H,21,24)/t16-/m1/s1. The Kier molecular flexibility index (Phi) is 6.66. The second kappa shape index (κ2) is 9.16. The normalized spacial score (nSPS) is 15.9. The van der Waals surface area contributed by atoms with Gasteiger partial charge in [0.05, 0.1) is 19.3 Å². The number of thiophene rings is 1. The molecule has 2 aromatic rings. The van der Waals surface area contributed by atoms with Gasteiger partial charge in [-0.25, -0.2) is 0 Å². The van der Waals surface area contributed by atoms with Crippen molar-refractivity contribution in [2.24, 2.45) is 0 Å². The number of hydrogen-bond acceptors (Lipinski definition) is 5. The van der Waals surface area contributed by atoms with E-state index in [2.05, 4.69) is 51.7 Å². The number of carbonyl (C=O) groups excluding carboxylic acids is 1. The highest BCUT2D eigenvalue weighted by atomic mass is 32.1. The summed E-state index contributed by atoms with van der Waals surface area (Å²) in [5.74, 6) is 0.0301. The number of carbonyl (C=O) groups is 1. The Morgan fingerprint density at radius 2 is 2.00 bits per heavy atom. The van der Waals surface area contributed by atoms with Crippen molar-refractivity contribution < 1.29 is 9.53 Å².